The molecule has 1 heterocycles. The molecule has 1 aliphatic rings. The minimum atomic E-state index is -3.94. The van der Waals surface area contributed by atoms with Gasteiger partial charge in [0.15, 0.2) is 0 Å². The van der Waals surface area contributed by atoms with Gasteiger partial charge in [-0.15, -0.1) is 0 Å². The highest BCUT2D eigenvalue weighted by molar-refractivity contribution is 7.89. The molecule has 0 aliphatic carbocycles. The van der Waals surface area contributed by atoms with Crippen molar-refractivity contribution in [2.24, 2.45) is 0 Å². The number of hydrogen-bond acceptors (Lipinski definition) is 5. The Morgan fingerprint density at radius 1 is 1.00 bits per heavy atom. The Morgan fingerprint density at radius 2 is 1.71 bits per heavy atom. The molecule has 0 fully saturated rings. The number of sulfonamides is 1. The molecular formula is C26H26N2O5S. The Hall–Kier alpha value is -3.49. The van der Waals surface area contributed by atoms with Crippen LogP contribution in [0, 0.1) is 6.92 Å². The maximum Gasteiger partial charge on any atom is 0.338 e. The number of anilines is 1. The summed E-state index contributed by atoms with van der Waals surface area (Å²) in [4.78, 5) is 25.6. The smallest absolute Gasteiger partial charge is 0.338 e. The summed E-state index contributed by atoms with van der Waals surface area (Å²) in [5, 5.41) is 2.79. The van der Waals surface area contributed by atoms with Crippen molar-refractivity contribution in [3.8, 4) is 0 Å². The van der Waals surface area contributed by atoms with Gasteiger partial charge >= 0.3 is 5.97 Å². The van der Waals surface area contributed by atoms with E-state index in [9.17, 15) is 18.0 Å². The van der Waals surface area contributed by atoms with Crippen LogP contribution < -0.4 is 5.32 Å². The van der Waals surface area contributed by atoms with E-state index in [0.717, 1.165) is 16.7 Å². The van der Waals surface area contributed by atoms with Crippen LogP contribution in [-0.2, 0) is 32.5 Å². The summed E-state index contributed by atoms with van der Waals surface area (Å²) < 4.78 is 33.4. The van der Waals surface area contributed by atoms with Crippen LogP contribution in [0.4, 0.5) is 5.69 Å². The van der Waals surface area contributed by atoms with E-state index in [-0.39, 0.29) is 24.5 Å². The van der Waals surface area contributed by atoms with Gasteiger partial charge in [-0.2, -0.15) is 4.31 Å². The lowest BCUT2D eigenvalue weighted by Crippen LogP contribution is -2.50. The number of benzene rings is 3. The van der Waals surface area contributed by atoms with Gasteiger partial charge in [-0.25, -0.2) is 13.2 Å². The summed E-state index contributed by atoms with van der Waals surface area (Å²) in [5.74, 6) is -0.958. The zero-order chi connectivity index (χ0) is 24.3. The van der Waals surface area contributed by atoms with Gasteiger partial charge in [0.05, 0.1) is 17.1 Å². The Labute approximate surface area is 199 Å². The Bertz CT molecular complexity index is 1320. The number of hydrogen-bond donors (Lipinski definition) is 1. The molecule has 3 aromatic rings. The van der Waals surface area contributed by atoms with Gasteiger partial charge in [-0.05, 0) is 61.7 Å². The van der Waals surface area contributed by atoms with Crippen LogP contribution in [0.1, 0.15) is 34.0 Å². The molecule has 0 spiro atoms. The quantitative estimate of drug-likeness (QED) is 0.542. The molecule has 7 nitrogen and oxygen atoms in total. The molecule has 1 N–H and O–H groups in total. The fraction of sp³-hybridized carbons (Fsp3) is 0.231. The van der Waals surface area contributed by atoms with Crippen LogP contribution in [0.15, 0.2) is 77.7 Å². The zero-order valence-corrected chi connectivity index (χ0v) is 19.8. The van der Waals surface area contributed by atoms with Crippen molar-refractivity contribution in [2.45, 2.75) is 37.8 Å². The summed E-state index contributed by atoms with van der Waals surface area (Å²) in [6.45, 7) is 3.93. The second-order valence-corrected chi connectivity index (χ2v) is 10.0. The highest BCUT2D eigenvalue weighted by Crippen LogP contribution is 2.30. The highest BCUT2D eigenvalue weighted by Gasteiger charge is 2.39. The molecule has 0 bridgehead atoms. The third-order valence-electron chi connectivity index (χ3n) is 5.78. The first kappa shape index (κ1) is 23.7. The zero-order valence-electron chi connectivity index (χ0n) is 19.0. The number of carbonyl (C=O) groups excluding carboxylic acids is 2. The number of nitrogens with zero attached hydrogens (tertiary/aromatic N) is 1. The molecule has 1 unspecified atom stereocenters. The van der Waals surface area contributed by atoms with Gasteiger partial charge in [0.25, 0.3) is 0 Å². The second kappa shape index (κ2) is 9.79. The van der Waals surface area contributed by atoms with E-state index in [1.807, 2.05) is 31.2 Å². The van der Waals surface area contributed by atoms with E-state index < -0.39 is 27.9 Å². The van der Waals surface area contributed by atoms with Crippen LogP contribution in [0.5, 0.6) is 0 Å². The monoisotopic (exact) mass is 478 g/mol. The molecule has 1 amide bonds. The van der Waals surface area contributed by atoms with Gasteiger partial charge in [-0.3, -0.25) is 4.79 Å². The maximum atomic E-state index is 13.6. The minimum absolute atomic E-state index is 0.0906. The molecule has 3 aromatic carbocycles. The molecule has 0 saturated heterocycles. The molecule has 4 rings (SSSR count). The van der Waals surface area contributed by atoms with Gasteiger partial charge in [-0.1, -0.05) is 48.0 Å². The molecule has 1 atom stereocenters. The molecular weight excluding hydrogens is 452 g/mol. The first-order valence-electron chi connectivity index (χ1n) is 11.0. The number of nitrogens with one attached hydrogen (secondary N) is 1. The predicted octanol–water partition coefficient (Wildman–Crippen LogP) is 3.93. The lowest BCUT2D eigenvalue weighted by molar-refractivity contribution is -0.120. The predicted molar refractivity (Wildman–Crippen MR) is 129 cm³/mol. The number of esters is 1. The second-order valence-electron chi connectivity index (χ2n) is 8.14. The minimum Gasteiger partial charge on any atom is -0.462 e. The molecule has 0 radical (unpaired) electrons. The maximum absolute atomic E-state index is 13.6. The van der Waals surface area contributed by atoms with Crippen molar-refractivity contribution in [3.05, 3.63) is 95.1 Å². The fourth-order valence-corrected chi connectivity index (χ4v) is 5.55. The van der Waals surface area contributed by atoms with Crippen molar-refractivity contribution >= 4 is 27.6 Å². The third-order valence-corrected chi connectivity index (χ3v) is 7.65. The van der Waals surface area contributed by atoms with E-state index in [1.54, 1.807) is 49.4 Å². The summed E-state index contributed by atoms with van der Waals surface area (Å²) in [5.41, 5.74) is 3.43. The summed E-state index contributed by atoms with van der Waals surface area (Å²) >= 11 is 0. The largest absolute Gasteiger partial charge is 0.462 e. The summed E-state index contributed by atoms with van der Waals surface area (Å²) in [6, 6.07) is 19.6. The topological polar surface area (TPSA) is 92.8 Å². The van der Waals surface area contributed by atoms with E-state index in [4.69, 9.17) is 4.74 Å². The number of amides is 1. The molecule has 8 heteroatoms. The number of aryl methyl sites for hydroxylation is 1. The average molecular weight is 479 g/mol. The van der Waals surface area contributed by atoms with Crippen LogP contribution in [0.3, 0.4) is 0 Å². The molecule has 34 heavy (non-hydrogen) atoms. The van der Waals surface area contributed by atoms with Crippen LogP contribution in [0.25, 0.3) is 0 Å². The van der Waals surface area contributed by atoms with Crippen molar-refractivity contribution < 1.29 is 22.7 Å². The van der Waals surface area contributed by atoms with Crippen LogP contribution >= 0.6 is 0 Å². The summed E-state index contributed by atoms with van der Waals surface area (Å²) in [7, 11) is -3.94. The Kier molecular flexibility index (Phi) is 6.81. The van der Waals surface area contributed by atoms with Gasteiger partial charge in [0.1, 0.15) is 6.04 Å². The average Bonchev–Trinajstić information content (AvgIpc) is 2.83. The third kappa shape index (κ3) is 4.88. The van der Waals surface area contributed by atoms with Gasteiger partial charge < -0.3 is 10.1 Å². The van der Waals surface area contributed by atoms with Gasteiger partial charge in [0, 0.05) is 12.2 Å². The van der Waals surface area contributed by atoms with E-state index >= 15 is 0 Å². The molecule has 0 saturated carbocycles. The normalized spacial score (nSPS) is 15.9. The first-order chi connectivity index (χ1) is 16.3. The molecule has 176 valence electrons. The van der Waals surface area contributed by atoms with Crippen molar-refractivity contribution in [1.82, 2.24) is 4.31 Å². The highest BCUT2D eigenvalue weighted by atomic mass is 32.2. The van der Waals surface area contributed by atoms with Gasteiger partial charge in [0.2, 0.25) is 15.9 Å². The Morgan fingerprint density at radius 3 is 2.41 bits per heavy atom. The van der Waals surface area contributed by atoms with Crippen molar-refractivity contribution in [3.63, 3.8) is 0 Å². The number of ether oxygens (including phenoxy) is 1. The lowest BCUT2D eigenvalue weighted by Gasteiger charge is -2.35. The van der Waals surface area contributed by atoms with E-state index in [0.29, 0.717) is 11.3 Å². The Balaban J connectivity index is 1.66. The number of fused-ring (bicyclic) bond motifs is 1. The number of carbonyl (C=O) groups is 2. The standard InChI is InChI=1S/C26H26N2O5S/c1-3-33-26(30)20-9-6-10-22(15-20)27-25(29)24-16-19-7-4-5-8-21(19)17-28(24)34(31,32)23-13-11-18(2)12-14-23/h4-15,24H,3,16-17H2,1-2H3,(H,27,29). The molecule has 1 aliphatic heterocycles. The van der Waals surface area contributed by atoms with Crippen LogP contribution in [-0.4, -0.2) is 37.2 Å². The van der Waals surface area contributed by atoms with E-state index in [2.05, 4.69) is 5.32 Å². The lowest BCUT2D eigenvalue weighted by atomic mass is 9.95. The number of rotatable bonds is 6. The first-order valence-corrected chi connectivity index (χ1v) is 12.5. The molecule has 0 aromatic heterocycles. The van der Waals surface area contributed by atoms with Crippen molar-refractivity contribution in [1.29, 1.82) is 0 Å². The van der Waals surface area contributed by atoms with Crippen LogP contribution in [0.2, 0.25) is 0 Å². The van der Waals surface area contributed by atoms with Crippen molar-refractivity contribution in [2.75, 3.05) is 11.9 Å². The van der Waals surface area contributed by atoms with E-state index in [1.165, 1.54) is 10.4 Å². The SMILES string of the molecule is CCOC(=O)c1cccc(NC(=O)C2Cc3ccccc3CN2S(=O)(=O)c2ccc(C)cc2)c1. The fourth-order valence-electron chi connectivity index (χ4n) is 3.98. The summed E-state index contributed by atoms with van der Waals surface area (Å²) in [6.07, 6.45) is 0.241.